The van der Waals surface area contributed by atoms with Gasteiger partial charge in [0.1, 0.15) is 12.3 Å². The highest BCUT2D eigenvalue weighted by atomic mass is 16.2. The van der Waals surface area contributed by atoms with Crippen molar-refractivity contribution in [3.05, 3.63) is 121 Å². The fourth-order valence-corrected chi connectivity index (χ4v) is 4.84. The van der Waals surface area contributed by atoms with Gasteiger partial charge in [0, 0.05) is 22.7 Å². The van der Waals surface area contributed by atoms with Crippen LogP contribution in [0.3, 0.4) is 0 Å². The van der Waals surface area contributed by atoms with Crippen LogP contribution in [-0.4, -0.2) is 23.3 Å². The van der Waals surface area contributed by atoms with Crippen LogP contribution in [-0.2, 0) is 0 Å². The first-order valence-electron chi connectivity index (χ1n) is 12.5. The highest BCUT2D eigenvalue weighted by molar-refractivity contribution is 5.77. The molecule has 36 heavy (non-hydrogen) atoms. The number of anilines is 4. The normalized spacial score (nSPS) is 12.4. The van der Waals surface area contributed by atoms with Gasteiger partial charge in [0.25, 0.3) is 0 Å². The van der Waals surface area contributed by atoms with E-state index in [0.29, 0.717) is 12.8 Å². The number of carbonyl (C=O) groups is 1. The molecule has 5 heteroatoms. The summed E-state index contributed by atoms with van der Waals surface area (Å²) in [5.41, 5.74) is 10.2. The summed E-state index contributed by atoms with van der Waals surface area (Å²) in [6.45, 7) is 4.20. The van der Waals surface area contributed by atoms with E-state index in [4.69, 9.17) is 5.73 Å². The van der Waals surface area contributed by atoms with Crippen LogP contribution < -0.4 is 15.5 Å². The van der Waals surface area contributed by atoms with Crippen molar-refractivity contribution in [3.8, 4) is 0 Å². The zero-order valence-electron chi connectivity index (χ0n) is 20.9. The lowest BCUT2D eigenvalue weighted by molar-refractivity contribution is 0.149. The molecule has 0 heterocycles. The minimum absolute atomic E-state index is 0.313. The molecule has 184 valence electrons. The molecule has 0 radical (unpaired) electrons. The SMILES string of the molecule is CCC(N(c1ccccc1)c1ccccc1)N(C(N)=O)C(CC)N(c1ccccc1)c1ccccc1. The molecule has 0 saturated carbocycles. The lowest BCUT2D eigenvalue weighted by Crippen LogP contribution is -2.60. The van der Waals surface area contributed by atoms with Crippen molar-refractivity contribution < 1.29 is 4.79 Å². The molecule has 0 saturated heterocycles. The molecule has 0 bridgehead atoms. The average Bonchev–Trinajstić information content (AvgIpc) is 2.94. The van der Waals surface area contributed by atoms with Crippen molar-refractivity contribution >= 4 is 28.8 Å². The number of nitrogens with two attached hydrogens (primary N) is 1. The number of rotatable bonds is 10. The number of urea groups is 1. The van der Waals surface area contributed by atoms with Crippen molar-refractivity contribution in [1.82, 2.24) is 4.90 Å². The quantitative estimate of drug-likeness (QED) is 0.240. The molecule has 4 aromatic rings. The van der Waals surface area contributed by atoms with E-state index in [1.807, 2.05) is 77.7 Å². The van der Waals surface area contributed by atoms with Gasteiger partial charge in [0.2, 0.25) is 0 Å². The molecule has 0 aliphatic carbocycles. The Morgan fingerprint density at radius 1 is 0.556 bits per heavy atom. The Kier molecular flexibility index (Phi) is 8.24. The Morgan fingerprint density at radius 2 is 0.806 bits per heavy atom. The van der Waals surface area contributed by atoms with Crippen LogP contribution in [0.15, 0.2) is 121 Å². The monoisotopic (exact) mass is 478 g/mol. The third kappa shape index (κ3) is 5.36. The molecular weight excluding hydrogens is 444 g/mol. The van der Waals surface area contributed by atoms with Gasteiger partial charge in [-0.3, -0.25) is 4.90 Å². The maximum Gasteiger partial charge on any atom is 0.318 e. The molecule has 0 aromatic heterocycles. The summed E-state index contributed by atoms with van der Waals surface area (Å²) < 4.78 is 0. The second-order valence-corrected chi connectivity index (χ2v) is 8.61. The fourth-order valence-electron chi connectivity index (χ4n) is 4.84. The molecule has 4 aromatic carbocycles. The second kappa shape index (κ2) is 11.9. The van der Waals surface area contributed by atoms with Crippen LogP contribution in [0.1, 0.15) is 26.7 Å². The van der Waals surface area contributed by atoms with Crippen LogP contribution in [0.5, 0.6) is 0 Å². The van der Waals surface area contributed by atoms with Crippen molar-refractivity contribution in [2.75, 3.05) is 9.80 Å². The highest BCUT2D eigenvalue weighted by Gasteiger charge is 2.36. The standard InChI is InChI=1S/C31H34N4O/c1-3-29(33(25-17-9-5-10-18-25)26-19-11-6-12-20-26)35(31(32)36)30(4-2)34(27-21-13-7-14-22-27)28-23-15-8-16-24-28/h5-24,29-30H,3-4H2,1-2H3,(H2,32,36). The number of benzene rings is 4. The van der Waals surface area contributed by atoms with Crippen molar-refractivity contribution in [3.63, 3.8) is 0 Å². The number of amides is 2. The van der Waals surface area contributed by atoms with Gasteiger partial charge in [-0.1, -0.05) is 86.6 Å². The third-order valence-electron chi connectivity index (χ3n) is 6.36. The number of carbonyl (C=O) groups excluding carboxylic acids is 1. The molecule has 2 atom stereocenters. The second-order valence-electron chi connectivity index (χ2n) is 8.61. The van der Waals surface area contributed by atoms with E-state index in [1.165, 1.54) is 0 Å². The van der Waals surface area contributed by atoms with Gasteiger partial charge in [-0.25, -0.2) is 4.79 Å². The van der Waals surface area contributed by atoms with Gasteiger partial charge in [0.05, 0.1) is 0 Å². The third-order valence-corrected chi connectivity index (χ3v) is 6.36. The Balaban J connectivity index is 1.87. The van der Waals surface area contributed by atoms with Gasteiger partial charge < -0.3 is 15.5 Å². The maximum atomic E-state index is 13.3. The van der Waals surface area contributed by atoms with Gasteiger partial charge in [-0.05, 0) is 61.4 Å². The molecule has 5 nitrogen and oxygen atoms in total. The predicted octanol–water partition coefficient (Wildman–Crippen LogP) is 7.52. The minimum atomic E-state index is -0.456. The van der Waals surface area contributed by atoms with Gasteiger partial charge in [-0.2, -0.15) is 0 Å². The molecule has 2 unspecified atom stereocenters. The van der Waals surface area contributed by atoms with E-state index in [9.17, 15) is 4.79 Å². The number of hydrogen-bond donors (Lipinski definition) is 1. The highest BCUT2D eigenvalue weighted by Crippen LogP contribution is 2.35. The van der Waals surface area contributed by atoms with Crippen LogP contribution in [0.25, 0.3) is 0 Å². The average molecular weight is 479 g/mol. The Morgan fingerprint density at radius 3 is 1.00 bits per heavy atom. The molecule has 4 rings (SSSR count). The number of hydrogen-bond acceptors (Lipinski definition) is 3. The Hall–Kier alpha value is -4.25. The van der Waals surface area contributed by atoms with E-state index in [1.54, 1.807) is 0 Å². The van der Waals surface area contributed by atoms with E-state index in [-0.39, 0.29) is 12.3 Å². The molecule has 2 N–H and O–H groups in total. The van der Waals surface area contributed by atoms with Crippen LogP contribution in [0.4, 0.5) is 27.5 Å². The summed E-state index contributed by atoms with van der Waals surface area (Å²) in [5.74, 6) is 0. The summed E-state index contributed by atoms with van der Waals surface area (Å²) in [5, 5.41) is 0. The smallest absolute Gasteiger partial charge is 0.318 e. The zero-order chi connectivity index (χ0) is 25.3. The first kappa shape index (κ1) is 24.9. The van der Waals surface area contributed by atoms with Crippen LogP contribution in [0.2, 0.25) is 0 Å². The van der Waals surface area contributed by atoms with Gasteiger partial charge in [0.15, 0.2) is 0 Å². The zero-order valence-corrected chi connectivity index (χ0v) is 20.9. The minimum Gasteiger partial charge on any atom is -0.351 e. The van der Waals surface area contributed by atoms with Crippen molar-refractivity contribution in [1.29, 1.82) is 0 Å². The predicted molar refractivity (Wildman–Crippen MR) is 150 cm³/mol. The van der Waals surface area contributed by atoms with Gasteiger partial charge in [-0.15, -0.1) is 0 Å². The first-order valence-corrected chi connectivity index (χ1v) is 12.5. The first-order chi connectivity index (χ1) is 17.7. The maximum absolute atomic E-state index is 13.3. The summed E-state index contributed by atoms with van der Waals surface area (Å²) in [4.78, 5) is 19.6. The number of nitrogens with zero attached hydrogens (tertiary/aromatic N) is 3. The van der Waals surface area contributed by atoms with Crippen LogP contribution >= 0.6 is 0 Å². The van der Waals surface area contributed by atoms with Crippen molar-refractivity contribution in [2.24, 2.45) is 5.73 Å². The lowest BCUT2D eigenvalue weighted by Gasteiger charge is -2.47. The lowest BCUT2D eigenvalue weighted by atomic mass is 10.1. The molecule has 0 spiro atoms. The number of para-hydroxylation sites is 4. The largest absolute Gasteiger partial charge is 0.351 e. The van der Waals surface area contributed by atoms with E-state index in [0.717, 1.165) is 22.7 Å². The summed E-state index contributed by atoms with van der Waals surface area (Å²) in [6, 6.07) is 40.3. The molecular formula is C31H34N4O. The van der Waals surface area contributed by atoms with Gasteiger partial charge >= 0.3 is 6.03 Å². The van der Waals surface area contributed by atoms with Crippen molar-refractivity contribution in [2.45, 2.75) is 39.0 Å². The summed E-state index contributed by atoms with van der Waals surface area (Å²) in [7, 11) is 0. The Labute approximate surface area is 214 Å². The van der Waals surface area contributed by atoms with E-state index >= 15 is 0 Å². The summed E-state index contributed by atoms with van der Waals surface area (Å²) >= 11 is 0. The topological polar surface area (TPSA) is 52.8 Å². The molecule has 0 aliphatic rings. The molecule has 0 fully saturated rings. The number of primary amides is 1. The van der Waals surface area contributed by atoms with Crippen LogP contribution in [0, 0.1) is 0 Å². The fraction of sp³-hybridized carbons (Fsp3) is 0.194. The molecule has 0 aliphatic heterocycles. The summed E-state index contributed by atoms with van der Waals surface area (Å²) in [6.07, 6.45) is 0.737. The Bertz CT molecular complexity index is 1030. The van der Waals surface area contributed by atoms with E-state index < -0.39 is 6.03 Å². The molecule has 2 amide bonds. The van der Waals surface area contributed by atoms with E-state index in [2.05, 4.69) is 72.2 Å².